The molecule has 1 aliphatic carbocycles. The van der Waals surface area contributed by atoms with Gasteiger partial charge < -0.3 is 4.74 Å². The summed E-state index contributed by atoms with van der Waals surface area (Å²) >= 11 is 1.65. The molecule has 0 aliphatic heterocycles. The van der Waals surface area contributed by atoms with Gasteiger partial charge in [0.05, 0.1) is 12.3 Å². The van der Waals surface area contributed by atoms with E-state index in [0.29, 0.717) is 6.61 Å². The van der Waals surface area contributed by atoms with Crippen molar-refractivity contribution in [2.75, 3.05) is 6.61 Å². The van der Waals surface area contributed by atoms with Crippen LogP contribution in [0.3, 0.4) is 0 Å². The Bertz CT molecular complexity index is 694. The molecule has 0 amide bonds. The number of carbonyl (C=O) groups excluding carboxylic acids is 1. The fraction of sp³-hybridized carbons (Fsp3) is 0.438. The van der Waals surface area contributed by atoms with Gasteiger partial charge in [-0.2, -0.15) is 0 Å². The highest BCUT2D eigenvalue weighted by molar-refractivity contribution is 7.15. The number of aromatic nitrogens is 2. The van der Waals surface area contributed by atoms with Crippen LogP contribution in [0.2, 0.25) is 0 Å². The van der Waals surface area contributed by atoms with E-state index in [4.69, 9.17) is 9.72 Å². The SMILES string of the molecule is CCOC(=O)C1CCc2sc(-c3ncc(C)cc3C)nc21. The highest BCUT2D eigenvalue weighted by Gasteiger charge is 2.34. The van der Waals surface area contributed by atoms with E-state index in [0.717, 1.165) is 40.4 Å². The van der Waals surface area contributed by atoms with Gasteiger partial charge in [-0.1, -0.05) is 6.07 Å². The molecule has 0 saturated heterocycles. The molecule has 0 aromatic carbocycles. The zero-order chi connectivity index (χ0) is 15.0. The minimum atomic E-state index is -0.198. The smallest absolute Gasteiger partial charge is 0.315 e. The van der Waals surface area contributed by atoms with Crippen LogP contribution in [-0.2, 0) is 16.0 Å². The van der Waals surface area contributed by atoms with Crippen molar-refractivity contribution in [2.24, 2.45) is 0 Å². The molecule has 3 rings (SSSR count). The van der Waals surface area contributed by atoms with Gasteiger partial charge in [-0.3, -0.25) is 9.78 Å². The highest BCUT2D eigenvalue weighted by atomic mass is 32.1. The Morgan fingerprint density at radius 2 is 2.29 bits per heavy atom. The molecule has 5 heteroatoms. The van der Waals surface area contributed by atoms with Crippen LogP contribution in [0.1, 0.15) is 41.0 Å². The minimum absolute atomic E-state index is 0.151. The van der Waals surface area contributed by atoms with Gasteiger partial charge >= 0.3 is 5.97 Å². The number of rotatable bonds is 3. The lowest BCUT2D eigenvalue weighted by molar-refractivity contribution is -0.145. The number of pyridine rings is 1. The number of fused-ring (bicyclic) bond motifs is 1. The van der Waals surface area contributed by atoms with Gasteiger partial charge in [-0.15, -0.1) is 11.3 Å². The molecule has 2 aromatic heterocycles. The van der Waals surface area contributed by atoms with E-state index in [1.54, 1.807) is 11.3 Å². The quantitative estimate of drug-likeness (QED) is 0.815. The first-order chi connectivity index (χ1) is 10.1. The third-order valence-electron chi connectivity index (χ3n) is 3.71. The van der Waals surface area contributed by atoms with Crippen LogP contribution in [0.5, 0.6) is 0 Å². The Morgan fingerprint density at radius 1 is 1.48 bits per heavy atom. The Hall–Kier alpha value is -1.75. The number of esters is 1. The van der Waals surface area contributed by atoms with Crippen molar-refractivity contribution in [3.63, 3.8) is 0 Å². The Morgan fingerprint density at radius 3 is 3.00 bits per heavy atom. The molecule has 1 aliphatic rings. The molecule has 0 bridgehead atoms. The summed E-state index contributed by atoms with van der Waals surface area (Å²) in [7, 11) is 0. The van der Waals surface area contributed by atoms with Crippen LogP contribution in [0.4, 0.5) is 0 Å². The maximum absolute atomic E-state index is 12.0. The number of hydrogen-bond acceptors (Lipinski definition) is 5. The normalized spacial score (nSPS) is 16.8. The lowest BCUT2D eigenvalue weighted by atomic mass is 10.1. The van der Waals surface area contributed by atoms with E-state index in [9.17, 15) is 4.79 Å². The molecule has 4 nitrogen and oxygen atoms in total. The van der Waals surface area contributed by atoms with E-state index < -0.39 is 0 Å². The van der Waals surface area contributed by atoms with Gasteiger partial charge in [0.1, 0.15) is 16.6 Å². The lowest BCUT2D eigenvalue weighted by Crippen LogP contribution is -2.14. The second-order valence-electron chi connectivity index (χ2n) is 5.35. The summed E-state index contributed by atoms with van der Waals surface area (Å²) in [6, 6.07) is 2.11. The second-order valence-corrected chi connectivity index (χ2v) is 6.43. The molecule has 21 heavy (non-hydrogen) atoms. The van der Waals surface area contributed by atoms with Crippen molar-refractivity contribution >= 4 is 17.3 Å². The maximum Gasteiger partial charge on any atom is 0.315 e. The van der Waals surface area contributed by atoms with Gasteiger partial charge in [0.15, 0.2) is 0 Å². The molecule has 1 unspecified atom stereocenters. The molecular formula is C16H18N2O2S. The van der Waals surface area contributed by atoms with Gasteiger partial charge in [-0.25, -0.2) is 4.98 Å². The molecule has 2 aromatic rings. The molecular weight excluding hydrogens is 284 g/mol. The molecule has 0 fully saturated rings. The van der Waals surface area contributed by atoms with Crippen LogP contribution in [0.25, 0.3) is 10.7 Å². The van der Waals surface area contributed by atoms with Crippen LogP contribution in [0, 0.1) is 13.8 Å². The second kappa shape index (κ2) is 5.56. The number of nitrogens with zero attached hydrogens (tertiary/aromatic N) is 2. The average Bonchev–Trinajstić information content (AvgIpc) is 2.98. The Balaban J connectivity index is 1.95. The lowest BCUT2D eigenvalue weighted by Gasteiger charge is -2.08. The average molecular weight is 302 g/mol. The number of ether oxygens (including phenoxy) is 1. The fourth-order valence-corrected chi connectivity index (χ4v) is 3.94. The number of hydrogen-bond donors (Lipinski definition) is 0. The molecule has 1 atom stereocenters. The van der Waals surface area contributed by atoms with Crippen molar-refractivity contribution in [3.05, 3.63) is 34.0 Å². The summed E-state index contributed by atoms with van der Waals surface area (Å²) < 4.78 is 5.15. The van der Waals surface area contributed by atoms with Crippen molar-refractivity contribution in [1.82, 2.24) is 9.97 Å². The zero-order valence-electron chi connectivity index (χ0n) is 12.5. The van der Waals surface area contributed by atoms with Gasteiger partial charge in [0, 0.05) is 11.1 Å². The Kier molecular flexibility index (Phi) is 3.76. The first-order valence-electron chi connectivity index (χ1n) is 7.20. The predicted octanol–water partition coefficient (Wildman–Crippen LogP) is 3.41. The molecule has 110 valence electrons. The molecule has 0 N–H and O–H groups in total. The maximum atomic E-state index is 12.0. The first-order valence-corrected chi connectivity index (χ1v) is 8.01. The van der Waals surface area contributed by atoms with Crippen LogP contribution < -0.4 is 0 Å². The molecule has 0 spiro atoms. The van der Waals surface area contributed by atoms with Crippen molar-refractivity contribution < 1.29 is 9.53 Å². The fourth-order valence-electron chi connectivity index (χ4n) is 2.74. The summed E-state index contributed by atoms with van der Waals surface area (Å²) in [6.45, 7) is 6.33. The Labute approximate surface area is 128 Å². The molecule has 2 heterocycles. The van der Waals surface area contributed by atoms with Crippen LogP contribution in [-0.4, -0.2) is 22.5 Å². The van der Waals surface area contributed by atoms with E-state index in [-0.39, 0.29) is 11.9 Å². The van der Waals surface area contributed by atoms with Gasteiger partial charge in [0.2, 0.25) is 0 Å². The monoisotopic (exact) mass is 302 g/mol. The topological polar surface area (TPSA) is 52.1 Å². The molecule has 0 saturated carbocycles. The summed E-state index contributed by atoms with van der Waals surface area (Å²) in [4.78, 5) is 22.4. The van der Waals surface area contributed by atoms with E-state index in [1.807, 2.05) is 27.0 Å². The van der Waals surface area contributed by atoms with E-state index in [1.165, 1.54) is 4.88 Å². The van der Waals surface area contributed by atoms with Crippen molar-refractivity contribution in [3.8, 4) is 10.7 Å². The standard InChI is InChI=1S/C16H18N2O2S/c1-4-20-16(19)11-5-6-12-14(11)18-15(21-12)13-10(3)7-9(2)8-17-13/h7-8,11H,4-6H2,1-3H3. The van der Waals surface area contributed by atoms with Crippen molar-refractivity contribution in [2.45, 2.75) is 39.5 Å². The van der Waals surface area contributed by atoms with Crippen LogP contribution >= 0.6 is 11.3 Å². The predicted molar refractivity (Wildman–Crippen MR) is 82.5 cm³/mol. The number of carbonyl (C=O) groups is 1. The third kappa shape index (κ3) is 2.58. The zero-order valence-corrected chi connectivity index (χ0v) is 13.3. The van der Waals surface area contributed by atoms with E-state index >= 15 is 0 Å². The summed E-state index contributed by atoms with van der Waals surface area (Å²) in [5.74, 6) is -0.350. The van der Waals surface area contributed by atoms with Gasteiger partial charge in [0.25, 0.3) is 0 Å². The minimum Gasteiger partial charge on any atom is -0.465 e. The van der Waals surface area contributed by atoms with Crippen LogP contribution in [0.15, 0.2) is 12.3 Å². The summed E-state index contributed by atoms with van der Waals surface area (Å²) in [5, 5.41) is 0.909. The van der Waals surface area contributed by atoms with Crippen molar-refractivity contribution in [1.29, 1.82) is 0 Å². The summed E-state index contributed by atoms with van der Waals surface area (Å²) in [5.41, 5.74) is 4.08. The third-order valence-corrected chi connectivity index (χ3v) is 4.84. The first kappa shape index (κ1) is 14.2. The number of thiazole rings is 1. The molecule has 0 radical (unpaired) electrons. The highest BCUT2D eigenvalue weighted by Crippen LogP contribution is 2.40. The largest absolute Gasteiger partial charge is 0.465 e. The van der Waals surface area contributed by atoms with E-state index in [2.05, 4.69) is 11.1 Å². The van der Waals surface area contributed by atoms with Gasteiger partial charge in [-0.05, 0) is 44.7 Å². The number of aryl methyl sites for hydroxylation is 3. The summed E-state index contributed by atoms with van der Waals surface area (Å²) in [6.07, 6.45) is 3.58.